The molecule has 0 aromatic heterocycles. The van der Waals surface area contributed by atoms with E-state index in [0.29, 0.717) is 5.92 Å². The smallest absolute Gasteiger partial charge is 0.150 e. The van der Waals surface area contributed by atoms with E-state index < -0.39 is 0 Å². The summed E-state index contributed by atoms with van der Waals surface area (Å²) in [7, 11) is 0. The van der Waals surface area contributed by atoms with Crippen molar-refractivity contribution in [2.45, 2.75) is 19.8 Å². The lowest BCUT2D eigenvalue weighted by Gasteiger charge is -2.16. The molecule has 0 saturated heterocycles. The van der Waals surface area contributed by atoms with Crippen LogP contribution in [0.3, 0.4) is 0 Å². The molecule has 21 heavy (non-hydrogen) atoms. The van der Waals surface area contributed by atoms with Crippen LogP contribution in [0.15, 0.2) is 48.5 Å². The Morgan fingerprint density at radius 1 is 0.762 bits per heavy atom. The van der Waals surface area contributed by atoms with Gasteiger partial charge in [0.25, 0.3) is 0 Å². The van der Waals surface area contributed by atoms with E-state index in [4.69, 9.17) is 0 Å². The van der Waals surface area contributed by atoms with E-state index in [9.17, 15) is 4.79 Å². The molecule has 0 aliphatic rings. The molecule has 0 atom stereocenters. The van der Waals surface area contributed by atoms with Crippen molar-refractivity contribution in [3.05, 3.63) is 59.7 Å². The van der Waals surface area contributed by atoms with Gasteiger partial charge in [0, 0.05) is 5.56 Å². The largest absolute Gasteiger partial charge is 0.298 e. The van der Waals surface area contributed by atoms with Crippen molar-refractivity contribution in [3.8, 4) is 0 Å². The highest BCUT2D eigenvalue weighted by Crippen LogP contribution is 2.38. The van der Waals surface area contributed by atoms with Gasteiger partial charge in [-0.15, -0.1) is 0 Å². The molecule has 0 aliphatic carbocycles. The van der Waals surface area contributed by atoms with E-state index in [1.165, 1.54) is 32.5 Å². The van der Waals surface area contributed by atoms with Gasteiger partial charge in [-0.2, -0.15) is 0 Å². The van der Waals surface area contributed by atoms with Crippen LogP contribution in [0.5, 0.6) is 0 Å². The Balaban J connectivity index is 2.33. The molecule has 0 heterocycles. The number of carbonyl (C=O) groups is 1. The van der Waals surface area contributed by atoms with Gasteiger partial charge in [-0.3, -0.25) is 4.79 Å². The highest BCUT2D eigenvalue weighted by atomic mass is 16.1. The van der Waals surface area contributed by atoms with Crippen LogP contribution in [-0.4, -0.2) is 6.29 Å². The maximum atomic E-state index is 11.3. The van der Waals surface area contributed by atoms with Gasteiger partial charge in [0.1, 0.15) is 0 Å². The van der Waals surface area contributed by atoms with Crippen LogP contribution in [-0.2, 0) is 0 Å². The zero-order chi connectivity index (χ0) is 14.6. The molecule has 0 spiro atoms. The van der Waals surface area contributed by atoms with Crippen molar-refractivity contribution in [3.63, 3.8) is 0 Å². The monoisotopic (exact) mass is 272 g/mol. The first-order chi connectivity index (χ1) is 10.2. The molecule has 4 aromatic carbocycles. The number of benzene rings is 4. The molecule has 0 amide bonds. The maximum absolute atomic E-state index is 11.3. The Morgan fingerprint density at radius 3 is 2.00 bits per heavy atom. The van der Waals surface area contributed by atoms with E-state index in [2.05, 4.69) is 50.2 Å². The molecule has 102 valence electrons. The van der Waals surface area contributed by atoms with Gasteiger partial charge in [0.05, 0.1) is 0 Å². The third-order valence-corrected chi connectivity index (χ3v) is 4.48. The molecular formula is C20H16O. The minimum absolute atomic E-state index is 0.486. The highest BCUT2D eigenvalue weighted by Gasteiger charge is 2.13. The molecule has 1 nitrogen and oxygen atoms in total. The highest BCUT2D eigenvalue weighted by molar-refractivity contribution is 6.25. The standard InChI is InChI=1S/C20H16O/c1-12(2)16-8-5-14-6-9-17-15(11-21)4-3-13-7-10-18(16)20(14)19(13)17/h3-12H,1-2H3. The summed E-state index contributed by atoms with van der Waals surface area (Å²) in [5.74, 6) is 0.486. The molecule has 4 aromatic rings. The van der Waals surface area contributed by atoms with Gasteiger partial charge in [0.15, 0.2) is 6.29 Å². The fourth-order valence-electron chi connectivity index (χ4n) is 3.45. The number of carbonyl (C=O) groups excluding carboxylic acids is 1. The van der Waals surface area contributed by atoms with E-state index in [0.717, 1.165) is 17.2 Å². The van der Waals surface area contributed by atoms with Crippen LogP contribution in [0.2, 0.25) is 0 Å². The first-order valence-corrected chi connectivity index (χ1v) is 7.36. The predicted octanol–water partition coefficient (Wildman–Crippen LogP) is 5.52. The number of hydrogen-bond acceptors (Lipinski definition) is 1. The quantitative estimate of drug-likeness (QED) is 0.347. The average molecular weight is 272 g/mol. The fraction of sp³-hybridized carbons (Fsp3) is 0.150. The van der Waals surface area contributed by atoms with E-state index in [-0.39, 0.29) is 0 Å². The Labute approximate surface area is 123 Å². The van der Waals surface area contributed by atoms with E-state index in [1.54, 1.807) is 0 Å². The molecule has 0 N–H and O–H groups in total. The molecule has 0 radical (unpaired) electrons. The Kier molecular flexibility index (Phi) is 2.52. The summed E-state index contributed by atoms with van der Waals surface area (Å²) in [5.41, 5.74) is 2.14. The summed E-state index contributed by atoms with van der Waals surface area (Å²) in [4.78, 5) is 11.3. The normalized spacial score (nSPS) is 12.0. The first kappa shape index (κ1) is 12.3. The van der Waals surface area contributed by atoms with Gasteiger partial charge in [-0.1, -0.05) is 62.4 Å². The first-order valence-electron chi connectivity index (χ1n) is 7.36. The minimum atomic E-state index is 0.486. The van der Waals surface area contributed by atoms with Crippen molar-refractivity contribution >= 4 is 38.6 Å². The van der Waals surface area contributed by atoms with Crippen LogP contribution in [0.4, 0.5) is 0 Å². The van der Waals surface area contributed by atoms with Gasteiger partial charge < -0.3 is 0 Å². The van der Waals surface area contributed by atoms with E-state index >= 15 is 0 Å². The van der Waals surface area contributed by atoms with E-state index in [1.807, 2.05) is 12.1 Å². The Hall–Kier alpha value is -2.41. The third-order valence-electron chi connectivity index (χ3n) is 4.48. The summed E-state index contributed by atoms with van der Waals surface area (Å²) in [6.45, 7) is 4.45. The lowest BCUT2D eigenvalue weighted by Crippen LogP contribution is -1.93. The van der Waals surface area contributed by atoms with Crippen LogP contribution < -0.4 is 0 Å². The molecule has 4 rings (SSSR count). The summed E-state index contributed by atoms with van der Waals surface area (Å²) < 4.78 is 0. The third kappa shape index (κ3) is 1.61. The molecule has 0 aliphatic heterocycles. The number of hydrogen-bond donors (Lipinski definition) is 0. The summed E-state index contributed by atoms with van der Waals surface area (Å²) in [5, 5.41) is 7.33. The van der Waals surface area contributed by atoms with Gasteiger partial charge in [0.2, 0.25) is 0 Å². The second-order valence-corrected chi connectivity index (χ2v) is 6.00. The summed E-state index contributed by atoms with van der Waals surface area (Å²) in [6.07, 6.45) is 0.954. The predicted molar refractivity (Wildman–Crippen MR) is 89.6 cm³/mol. The van der Waals surface area contributed by atoms with Crippen LogP contribution in [0, 0.1) is 0 Å². The van der Waals surface area contributed by atoms with Crippen molar-refractivity contribution in [2.24, 2.45) is 0 Å². The summed E-state index contributed by atoms with van der Waals surface area (Å²) >= 11 is 0. The zero-order valence-electron chi connectivity index (χ0n) is 12.2. The van der Waals surface area contributed by atoms with Crippen molar-refractivity contribution in [2.75, 3.05) is 0 Å². The lowest BCUT2D eigenvalue weighted by molar-refractivity contribution is 0.112. The topological polar surface area (TPSA) is 17.1 Å². The van der Waals surface area contributed by atoms with Crippen molar-refractivity contribution < 1.29 is 4.79 Å². The molecule has 0 fully saturated rings. The van der Waals surface area contributed by atoms with Crippen LogP contribution in [0.25, 0.3) is 32.3 Å². The number of aldehydes is 1. The van der Waals surface area contributed by atoms with Gasteiger partial charge in [-0.05, 0) is 43.8 Å². The minimum Gasteiger partial charge on any atom is -0.298 e. The molecule has 0 saturated carbocycles. The zero-order valence-corrected chi connectivity index (χ0v) is 12.2. The lowest BCUT2D eigenvalue weighted by atomic mass is 9.88. The maximum Gasteiger partial charge on any atom is 0.150 e. The molecule has 0 bridgehead atoms. The van der Waals surface area contributed by atoms with Crippen molar-refractivity contribution in [1.29, 1.82) is 0 Å². The van der Waals surface area contributed by atoms with Crippen molar-refractivity contribution in [1.82, 2.24) is 0 Å². The second kappa shape index (κ2) is 4.29. The Bertz CT molecular complexity index is 979. The SMILES string of the molecule is CC(C)c1ccc2ccc3c(C=O)ccc4ccc1c2c43. The molecule has 0 unspecified atom stereocenters. The Morgan fingerprint density at radius 2 is 1.33 bits per heavy atom. The van der Waals surface area contributed by atoms with Crippen LogP contribution >= 0.6 is 0 Å². The van der Waals surface area contributed by atoms with Gasteiger partial charge >= 0.3 is 0 Å². The summed E-state index contributed by atoms with van der Waals surface area (Å²) in [6, 6.07) is 17.0. The second-order valence-electron chi connectivity index (χ2n) is 6.00. The van der Waals surface area contributed by atoms with Gasteiger partial charge in [-0.25, -0.2) is 0 Å². The fourth-order valence-corrected chi connectivity index (χ4v) is 3.45. The van der Waals surface area contributed by atoms with Crippen LogP contribution in [0.1, 0.15) is 35.7 Å². The molecular weight excluding hydrogens is 256 g/mol. The average Bonchev–Trinajstić information content (AvgIpc) is 2.51. The molecule has 1 heteroatoms. The number of rotatable bonds is 2.